The van der Waals surface area contributed by atoms with Gasteiger partial charge in [0, 0.05) is 25.7 Å². The molecule has 1 saturated heterocycles. The van der Waals surface area contributed by atoms with Gasteiger partial charge < -0.3 is 5.32 Å². The Hall–Kier alpha value is -0.870. The molecule has 20 heavy (non-hydrogen) atoms. The van der Waals surface area contributed by atoms with Crippen LogP contribution in [0.5, 0.6) is 0 Å². The van der Waals surface area contributed by atoms with Crippen molar-refractivity contribution in [1.82, 2.24) is 20.0 Å². The summed E-state index contributed by atoms with van der Waals surface area (Å²) < 4.78 is 2.17. The zero-order valence-corrected chi connectivity index (χ0v) is 13.5. The SMILES string of the molecule is CCc1cc(CN2CCCC(C(C)NC)C2)n(CC)n1. The van der Waals surface area contributed by atoms with Gasteiger partial charge in [-0.1, -0.05) is 6.92 Å². The standard InChI is InChI=1S/C16H30N4/c1-5-15-10-16(20(6-2)18-15)12-19-9-7-8-14(11-19)13(3)17-4/h10,13-14,17H,5-9,11-12H2,1-4H3. The smallest absolute Gasteiger partial charge is 0.0625 e. The van der Waals surface area contributed by atoms with Gasteiger partial charge in [-0.3, -0.25) is 9.58 Å². The van der Waals surface area contributed by atoms with E-state index in [4.69, 9.17) is 0 Å². The van der Waals surface area contributed by atoms with Crippen molar-refractivity contribution in [2.45, 2.75) is 59.2 Å². The third kappa shape index (κ3) is 3.61. The topological polar surface area (TPSA) is 33.1 Å². The summed E-state index contributed by atoms with van der Waals surface area (Å²) in [5.74, 6) is 0.775. The Bertz CT molecular complexity index is 413. The molecule has 1 aliphatic rings. The van der Waals surface area contributed by atoms with Crippen LogP contribution in [0.2, 0.25) is 0 Å². The van der Waals surface area contributed by atoms with Crippen LogP contribution >= 0.6 is 0 Å². The quantitative estimate of drug-likeness (QED) is 0.866. The molecule has 2 rings (SSSR count). The molecule has 0 saturated carbocycles. The summed E-state index contributed by atoms with van der Waals surface area (Å²) >= 11 is 0. The molecule has 0 spiro atoms. The van der Waals surface area contributed by atoms with E-state index in [9.17, 15) is 0 Å². The zero-order chi connectivity index (χ0) is 14.5. The van der Waals surface area contributed by atoms with Crippen LogP contribution in [0.1, 0.15) is 45.0 Å². The maximum absolute atomic E-state index is 4.66. The molecule has 1 aliphatic heterocycles. The molecule has 1 aromatic heterocycles. The summed E-state index contributed by atoms with van der Waals surface area (Å²) in [6.45, 7) is 11.1. The number of aromatic nitrogens is 2. The first-order valence-electron chi connectivity index (χ1n) is 8.13. The van der Waals surface area contributed by atoms with Gasteiger partial charge in [-0.2, -0.15) is 5.10 Å². The molecule has 1 aromatic rings. The Morgan fingerprint density at radius 2 is 2.25 bits per heavy atom. The summed E-state index contributed by atoms with van der Waals surface area (Å²) in [7, 11) is 2.07. The van der Waals surface area contributed by atoms with Gasteiger partial charge in [0.2, 0.25) is 0 Å². The van der Waals surface area contributed by atoms with Crippen LogP contribution in [0.4, 0.5) is 0 Å². The van der Waals surface area contributed by atoms with Crippen molar-refractivity contribution >= 4 is 0 Å². The molecule has 114 valence electrons. The minimum atomic E-state index is 0.611. The minimum Gasteiger partial charge on any atom is -0.317 e. The minimum absolute atomic E-state index is 0.611. The molecule has 4 heteroatoms. The fraction of sp³-hybridized carbons (Fsp3) is 0.812. The van der Waals surface area contributed by atoms with E-state index in [1.54, 1.807) is 0 Å². The number of piperidine rings is 1. The van der Waals surface area contributed by atoms with Crippen LogP contribution in [0.15, 0.2) is 6.07 Å². The monoisotopic (exact) mass is 278 g/mol. The lowest BCUT2D eigenvalue weighted by atomic mass is 9.91. The molecule has 2 unspecified atom stereocenters. The molecule has 1 fully saturated rings. The second-order valence-corrected chi connectivity index (χ2v) is 6.01. The lowest BCUT2D eigenvalue weighted by Gasteiger charge is -2.35. The summed E-state index contributed by atoms with van der Waals surface area (Å²) in [4.78, 5) is 2.60. The molecule has 2 atom stereocenters. The van der Waals surface area contributed by atoms with E-state index in [1.165, 1.54) is 37.3 Å². The van der Waals surface area contributed by atoms with Crippen molar-refractivity contribution in [1.29, 1.82) is 0 Å². The highest BCUT2D eigenvalue weighted by Crippen LogP contribution is 2.21. The van der Waals surface area contributed by atoms with Gasteiger partial charge in [0.25, 0.3) is 0 Å². The van der Waals surface area contributed by atoms with Gasteiger partial charge >= 0.3 is 0 Å². The van der Waals surface area contributed by atoms with Crippen molar-refractivity contribution in [2.75, 3.05) is 20.1 Å². The van der Waals surface area contributed by atoms with Gasteiger partial charge in [-0.15, -0.1) is 0 Å². The fourth-order valence-corrected chi connectivity index (χ4v) is 3.20. The van der Waals surface area contributed by atoms with Crippen molar-refractivity contribution < 1.29 is 0 Å². The Morgan fingerprint density at radius 1 is 1.45 bits per heavy atom. The van der Waals surface area contributed by atoms with E-state index in [-0.39, 0.29) is 0 Å². The molecule has 0 amide bonds. The lowest BCUT2D eigenvalue weighted by molar-refractivity contribution is 0.143. The van der Waals surface area contributed by atoms with E-state index >= 15 is 0 Å². The summed E-state index contributed by atoms with van der Waals surface area (Å²) in [6, 6.07) is 2.90. The van der Waals surface area contributed by atoms with Crippen LogP contribution < -0.4 is 5.32 Å². The number of rotatable bonds is 6. The zero-order valence-electron chi connectivity index (χ0n) is 13.5. The Labute approximate surface area is 123 Å². The van der Waals surface area contributed by atoms with Crippen LogP contribution in [0, 0.1) is 5.92 Å². The van der Waals surface area contributed by atoms with E-state index < -0.39 is 0 Å². The predicted molar refractivity (Wildman–Crippen MR) is 83.8 cm³/mol. The summed E-state index contributed by atoms with van der Waals surface area (Å²) in [6.07, 6.45) is 3.70. The number of likely N-dealkylation sites (tertiary alicyclic amines) is 1. The van der Waals surface area contributed by atoms with E-state index in [0.29, 0.717) is 6.04 Å². The second-order valence-electron chi connectivity index (χ2n) is 6.01. The van der Waals surface area contributed by atoms with Crippen molar-refractivity contribution in [3.05, 3.63) is 17.5 Å². The Kier molecular flexibility index (Phi) is 5.61. The molecule has 1 N–H and O–H groups in total. The lowest BCUT2D eigenvalue weighted by Crippen LogP contribution is -2.43. The maximum Gasteiger partial charge on any atom is 0.0625 e. The maximum atomic E-state index is 4.66. The van der Waals surface area contributed by atoms with Crippen LogP contribution in [-0.2, 0) is 19.5 Å². The number of hydrogen-bond donors (Lipinski definition) is 1. The molecule has 0 bridgehead atoms. The van der Waals surface area contributed by atoms with E-state index in [2.05, 4.69) is 53.9 Å². The van der Waals surface area contributed by atoms with Crippen molar-refractivity contribution in [2.24, 2.45) is 5.92 Å². The van der Waals surface area contributed by atoms with E-state index in [1.807, 2.05) is 0 Å². The predicted octanol–water partition coefficient (Wildman–Crippen LogP) is 2.29. The highest BCUT2D eigenvalue weighted by Gasteiger charge is 2.24. The molecule has 2 heterocycles. The number of aryl methyl sites for hydroxylation is 2. The van der Waals surface area contributed by atoms with Crippen molar-refractivity contribution in [3.8, 4) is 0 Å². The molecular formula is C16H30N4. The first-order chi connectivity index (χ1) is 9.67. The highest BCUT2D eigenvalue weighted by molar-refractivity contribution is 5.10. The Morgan fingerprint density at radius 3 is 2.90 bits per heavy atom. The number of nitrogens with one attached hydrogen (secondary N) is 1. The molecular weight excluding hydrogens is 248 g/mol. The first kappa shape index (κ1) is 15.5. The van der Waals surface area contributed by atoms with Gasteiger partial charge in [-0.25, -0.2) is 0 Å². The first-order valence-corrected chi connectivity index (χ1v) is 8.13. The fourth-order valence-electron chi connectivity index (χ4n) is 3.20. The molecule has 0 radical (unpaired) electrons. The Balaban J connectivity index is 2.00. The van der Waals surface area contributed by atoms with Crippen LogP contribution in [0.3, 0.4) is 0 Å². The summed E-state index contributed by atoms with van der Waals surface area (Å²) in [5, 5.41) is 8.07. The normalized spacial score (nSPS) is 22.1. The van der Waals surface area contributed by atoms with Crippen LogP contribution in [0.25, 0.3) is 0 Å². The van der Waals surface area contributed by atoms with Gasteiger partial charge in [0.15, 0.2) is 0 Å². The average Bonchev–Trinajstić information content (AvgIpc) is 2.88. The number of nitrogens with zero attached hydrogens (tertiary/aromatic N) is 3. The molecule has 0 aromatic carbocycles. The average molecular weight is 278 g/mol. The van der Waals surface area contributed by atoms with E-state index in [0.717, 1.165) is 25.4 Å². The van der Waals surface area contributed by atoms with Crippen LogP contribution in [-0.4, -0.2) is 40.9 Å². The van der Waals surface area contributed by atoms with Gasteiger partial charge in [0.1, 0.15) is 0 Å². The molecule has 0 aliphatic carbocycles. The summed E-state index contributed by atoms with van der Waals surface area (Å²) in [5.41, 5.74) is 2.60. The number of hydrogen-bond acceptors (Lipinski definition) is 3. The van der Waals surface area contributed by atoms with Gasteiger partial charge in [0.05, 0.1) is 11.4 Å². The second kappa shape index (κ2) is 7.23. The molecule has 4 nitrogen and oxygen atoms in total. The largest absolute Gasteiger partial charge is 0.317 e. The van der Waals surface area contributed by atoms with Crippen molar-refractivity contribution in [3.63, 3.8) is 0 Å². The van der Waals surface area contributed by atoms with Gasteiger partial charge in [-0.05, 0) is 58.7 Å². The highest BCUT2D eigenvalue weighted by atomic mass is 15.3. The third-order valence-electron chi connectivity index (χ3n) is 4.67. The third-order valence-corrected chi connectivity index (χ3v) is 4.67.